The minimum atomic E-state index is -0.122. The van der Waals surface area contributed by atoms with Gasteiger partial charge in [-0.1, -0.05) is 45.4 Å². The quantitative estimate of drug-likeness (QED) is 0.549. The van der Waals surface area contributed by atoms with E-state index in [-0.39, 0.29) is 5.97 Å². The van der Waals surface area contributed by atoms with Gasteiger partial charge in [-0.05, 0) is 30.4 Å². The second kappa shape index (κ2) is 7.10. The van der Waals surface area contributed by atoms with Crippen molar-refractivity contribution in [3.05, 3.63) is 29.8 Å². The third-order valence-electron chi connectivity index (χ3n) is 2.56. The van der Waals surface area contributed by atoms with E-state index in [1.165, 1.54) is 0 Å². The number of carbonyl (C=O) groups is 1. The molecule has 0 aliphatic heterocycles. The first-order chi connectivity index (χ1) is 8.13. The molecule has 0 amide bonds. The van der Waals surface area contributed by atoms with Crippen molar-refractivity contribution < 1.29 is 9.53 Å². The van der Waals surface area contributed by atoms with Crippen LogP contribution in [0.2, 0.25) is 0 Å². The summed E-state index contributed by atoms with van der Waals surface area (Å²) in [6.45, 7) is 6.39. The molecule has 0 heterocycles. The van der Waals surface area contributed by atoms with Crippen LogP contribution >= 0.6 is 0 Å². The Morgan fingerprint density at radius 3 is 2.65 bits per heavy atom. The fourth-order valence-electron chi connectivity index (χ4n) is 1.71. The maximum atomic E-state index is 11.6. The van der Waals surface area contributed by atoms with Crippen molar-refractivity contribution in [1.82, 2.24) is 0 Å². The highest BCUT2D eigenvalue weighted by Gasteiger charge is 2.09. The SMILES string of the molecule is CCCCC(=O)Oc1ccccc1CC(C)C. The molecule has 1 aromatic carbocycles. The first kappa shape index (κ1) is 13.8. The van der Waals surface area contributed by atoms with Gasteiger partial charge in [0.2, 0.25) is 0 Å². The molecule has 0 aliphatic rings. The molecule has 0 N–H and O–H groups in total. The first-order valence-electron chi connectivity index (χ1n) is 6.42. The highest BCUT2D eigenvalue weighted by atomic mass is 16.5. The van der Waals surface area contributed by atoms with E-state index in [0.29, 0.717) is 12.3 Å². The zero-order valence-electron chi connectivity index (χ0n) is 11.0. The third-order valence-corrected chi connectivity index (χ3v) is 2.56. The summed E-state index contributed by atoms with van der Waals surface area (Å²) in [7, 11) is 0. The maximum Gasteiger partial charge on any atom is 0.311 e. The van der Waals surface area contributed by atoms with Crippen LogP contribution in [0.5, 0.6) is 5.75 Å². The van der Waals surface area contributed by atoms with E-state index in [4.69, 9.17) is 4.74 Å². The molecule has 0 aliphatic carbocycles. The number of hydrogen-bond acceptors (Lipinski definition) is 2. The summed E-state index contributed by atoms with van der Waals surface area (Å²) < 4.78 is 5.41. The predicted molar refractivity (Wildman–Crippen MR) is 70.1 cm³/mol. The molecular weight excluding hydrogens is 212 g/mol. The summed E-state index contributed by atoms with van der Waals surface area (Å²) in [6, 6.07) is 7.80. The Morgan fingerprint density at radius 1 is 1.29 bits per heavy atom. The largest absolute Gasteiger partial charge is 0.426 e. The smallest absolute Gasteiger partial charge is 0.311 e. The van der Waals surface area contributed by atoms with E-state index >= 15 is 0 Å². The van der Waals surface area contributed by atoms with Gasteiger partial charge in [0.25, 0.3) is 0 Å². The molecule has 1 rings (SSSR count). The average Bonchev–Trinajstić information content (AvgIpc) is 2.28. The molecule has 0 radical (unpaired) electrons. The van der Waals surface area contributed by atoms with Crippen molar-refractivity contribution in [1.29, 1.82) is 0 Å². The molecule has 0 unspecified atom stereocenters. The fraction of sp³-hybridized carbons (Fsp3) is 0.533. The fourth-order valence-corrected chi connectivity index (χ4v) is 1.71. The van der Waals surface area contributed by atoms with Crippen LogP contribution in [0.15, 0.2) is 24.3 Å². The summed E-state index contributed by atoms with van der Waals surface area (Å²) in [5, 5.41) is 0. The first-order valence-corrected chi connectivity index (χ1v) is 6.42. The van der Waals surface area contributed by atoms with Crippen LogP contribution in [0, 0.1) is 5.92 Å². The molecular formula is C15H22O2. The zero-order chi connectivity index (χ0) is 12.7. The van der Waals surface area contributed by atoms with E-state index in [1.54, 1.807) is 0 Å². The third kappa shape index (κ3) is 5.03. The van der Waals surface area contributed by atoms with Crippen LogP contribution in [0.4, 0.5) is 0 Å². The van der Waals surface area contributed by atoms with E-state index in [2.05, 4.69) is 20.8 Å². The van der Waals surface area contributed by atoms with Crippen LogP contribution < -0.4 is 4.74 Å². The molecule has 2 heteroatoms. The summed E-state index contributed by atoms with van der Waals surface area (Å²) in [6.07, 6.45) is 3.36. The molecule has 1 aromatic rings. The molecule has 0 aromatic heterocycles. The van der Waals surface area contributed by atoms with E-state index < -0.39 is 0 Å². The minimum absolute atomic E-state index is 0.122. The van der Waals surface area contributed by atoms with Gasteiger partial charge in [-0.2, -0.15) is 0 Å². The molecule has 0 spiro atoms. The normalized spacial score (nSPS) is 10.6. The van der Waals surface area contributed by atoms with Gasteiger partial charge >= 0.3 is 5.97 Å². The van der Waals surface area contributed by atoms with Crippen molar-refractivity contribution >= 4 is 5.97 Å². The number of esters is 1. The second-order valence-electron chi connectivity index (χ2n) is 4.78. The monoisotopic (exact) mass is 234 g/mol. The Balaban J connectivity index is 2.66. The number of benzene rings is 1. The van der Waals surface area contributed by atoms with E-state index in [1.807, 2.05) is 24.3 Å². The van der Waals surface area contributed by atoms with Crippen molar-refractivity contribution in [2.24, 2.45) is 5.92 Å². The highest BCUT2D eigenvalue weighted by molar-refractivity contribution is 5.72. The molecule has 94 valence electrons. The van der Waals surface area contributed by atoms with Gasteiger partial charge in [0.15, 0.2) is 0 Å². The van der Waals surface area contributed by atoms with Crippen LogP contribution in [0.1, 0.15) is 45.6 Å². The lowest BCUT2D eigenvalue weighted by molar-refractivity contribution is -0.134. The van der Waals surface area contributed by atoms with Crippen LogP contribution in [-0.2, 0) is 11.2 Å². The summed E-state index contributed by atoms with van der Waals surface area (Å²) in [4.78, 5) is 11.6. The molecule has 0 atom stereocenters. The predicted octanol–water partition coefficient (Wildman–Crippen LogP) is 3.98. The van der Waals surface area contributed by atoms with E-state index in [0.717, 1.165) is 30.6 Å². The average molecular weight is 234 g/mol. The lowest BCUT2D eigenvalue weighted by Crippen LogP contribution is -2.09. The van der Waals surface area contributed by atoms with Crippen molar-refractivity contribution in [3.63, 3.8) is 0 Å². The Morgan fingerprint density at radius 2 is 2.00 bits per heavy atom. The van der Waals surface area contributed by atoms with Crippen LogP contribution in [0.3, 0.4) is 0 Å². The van der Waals surface area contributed by atoms with Gasteiger partial charge in [-0.3, -0.25) is 4.79 Å². The molecule has 17 heavy (non-hydrogen) atoms. The van der Waals surface area contributed by atoms with Crippen LogP contribution in [-0.4, -0.2) is 5.97 Å². The zero-order valence-corrected chi connectivity index (χ0v) is 11.0. The lowest BCUT2D eigenvalue weighted by Gasteiger charge is -2.11. The van der Waals surface area contributed by atoms with Gasteiger partial charge in [0.05, 0.1) is 0 Å². The number of hydrogen-bond donors (Lipinski definition) is 0. The Kier molecular flexibility index (Phi) is 5.75. The van der Waals surface area contributed by atoms with Gasteiger partial charge in [0.1, 0.15) is 5.75 Å². The van der Waals surface area contributed by atoms with Crippen molar-refractivity contribution in [2.75, 3.05) is 0 Å². The number of rotatable bonds is 6. The van der Waals surface area contributed by atoms with E-state index in [9.17, 15) is 4.79 Å². The standard InChI is InChI=1S/C15H22O2/c1-4-5-10-15(16)17-14-9-7-6-8-13(14)11-12(2)3/h6-9,12H,4-5,10-11H2,1-3H3. The molecule has 0 saturated carbocycles. The summed E-state index contributed by atoms with van der Waals surface area (Å²) in [5.41, 5.74) is 1.12. The Labute approximate surface area is 104 Å². The molecule has 0 saturated heterocycles. The molecule has 2 nitrogen and oxygen atoms in total. The minimum Gasteiger partial charge on any atom is -0.426 e. The summed E-state index contributed by atoms with van der Waals surface area (Å²) in [5.74, 6) is 1.16. The van der Waals surface area contributed by atoms with Gasteiger partial charge in [-0.15, -0.1) is 0 Å². The number of unbranched alkanes of at least 4 members (excludes halogenated alkanes) is 1. The summed E-state index contributed by atoms with van der Waals surface area (Å²) >= 11 is 0. The van der Waals surface area contributed by atoms with Crippen molar-refractivity contribution in [2.45, 2.75) is 46.5 Å². The van der Waals surface area contributed by atoms with Crippen LogP contribution in [0.25, 0.3) is 0 Å². The second-order valence-corrected chi connectivity index (χ2v) is 4.78. The topological polar surface area (TPSA) is 26.3 Å². The Bertz CT molecular complexity index is 356. The number of carbonyl (C=O) groups excluding carboxylic acids is 1. The number of para-hydroxylation sites is 1. The van der Waals surface area contributed by atoms with Gasteiger partial charge < -0.3 is 4.74 Å². The van der Waals surface area contributed by atoms with Gasteiger partial charge in [-0.25, -0.2) is 0 Å². The Hall–Kier alpha value is -1.31. The number of ether oxygens (including phenoxy) is 1. The van der Waals surface area contributed by atoms with Gasteiger partial charge in [0, 0.05) is 6.42 Å². The molecule has 0 bridgehead atoms. The lowest BCUT2D eigenvalue weighted by atomic mass is 10.0. The molecule has 0 fully saturated rings. The highest BCUT2D eigenvalue weighted by Crippen LogP contribution is 2.21. The van der Waals surface area contributed by atoms with Crippen molar-refractivity contribution in [3.8, 4) is 5.75 Å². The maximum absolute atomic E-state index is 11.6.